The summed E-state index contributed by atoms with van der Waals surface area (Å²) in [6, 6.07) is 25.7. The zero-order valence-electron chi connectivity index (χ0n) is 18.7. The molecule has 4 aromatic carbocycles. The Labute approximate surface area is 181 Å². The van der Waals surface area contributed by atoms with Gasteiger partial charge in [0.05, 0.1) is 0 Å². The smallest absolute Gasteiger partial charge is 0.242 e. The average Bonchev–Trinajstić information content (AvgIpc) is 2.66. The van der Waals surface area contributed by atoms with Gasteiger partial charge in [-0.25, -0.2) is 0 Å². The van der Waals surface area contributed by atoms with Gasteiger partial charge in [0.15, 0.2) is 0 Å². The summed E-state index contributed by atoms with van der Waals surface area (Å²) in [7, 11) is -3.63. The van der Waals surface area contributed by atoms with Crippen LogP contribution in [0.3, 0.4) is 0 Å². The van der Waals surface area contributed by atoms with Crippen LogP contribution in [0.5, 0.6) is 11.5 Å². The Bertz CT molecular complexity index is 1120. The molecule has 30 heavy (non-hydrogen) atoms. The first-order valence-corrected chi connectivity index (χ1v) is 17.4. The minimum atomic E-state index is -1.81. The molecule has 0 heterocycles. The molecule has 0 unspecified atom stereocenters. The minimum Gasteiger partial charge on any atom is -0.544 e. The summed E-state index contributed by atoms with van der Waals surface area (Å²) in [4.78, 5) is 0. The van der Waals surface area contributed by atoms with Gasteiger partial charge in [-0.1, -0.05) is 60.7 Å². The molecule has 0 bridgehead atoms. The van der Waals surface area contributed by atoms with Crippen molar-refractivity contribution in [2.45, 2.75) is 39.3 Å². The fourth-order valence-corrected chi connectivity index (χ4v) is 5.51. The molecule has 0 N–H and O–H groups in total. The molecule has 154 valence electrons. The van der Waals surface area contributed by atoms with Gasteiger partial charge in [0.2, 0.25) is 16.6 Å². The zero-order valence-corrected chi connectivity index (χ0v) is 20.7. The highest BCUT2D eigenvalue weighted by Gasteiger charge is 2.25. The van der Waals surface area contributed by atoms with Gasteiger partial charge in [-0.05, 0) is 73.0 Å². The van der Waals surface area contributed by atoms with Crippen molar-refractivity contribution in [3.63, 3.8) is 0 Å². The van der Waals surface area contributed by atoms with Crippen LogP contribution < -0.4 is 8.85 Å². The van der Waals surface area contributed by atoms with Crippen LogP contribution in [0.25, 0.3) is 32.7 Å². The molecule has 0 saturated heterocycles. The number of hydrogen-bond donors (Lipinski definition) is 0. The molecular formula is C26H30O2Si2. The van der Waals surface area contributed by atoms with E-state index in [1.165, 1.54) is 21.5 Å². The lowest BCUT2D eigenvalue weighted by atomic mass is 9.92. The molecule has 0 atom stereocenters. The lowest BCUT2D eigenvalue weighted by molar-refractivity contribution is 0.552. The van der Waals surface area contributed by atoms with E-state index in [0.717, 1.165) is 22.6 Å². The number of hydrogen-bond acceptors (Lipinski definition) is 2. The summed E-state index contributed by atoms with van der Waals surface area (Å²) in [6.45, 7) is 13.4. The average molecular weight is 431 g/mol. The van der Waals surface area contributed by atoms with Gasteiger partial charge in [-0.3, -0.25) is 0 Å². The van der Waals surface area contributed by atoms with Crippen molar-refractivity contribution in [3.05, 3.63) is 72.8 Å². The molecule has 0 aliphatic heterocycles. The first-order chi connectivity index (χ1) is 14.1. The maximum Gasteiger partial charge on any atom is 0.242 e. The standard InChI is InChI=1S/C26H30O2Si2/c1-29(2,3)27-23-17-15-19-11-7-9-13-21(19)25(23)26-22-14-10-8-12-20(22)16-18-24(26)28-30(4,5)6/h7-18H,1-6H3. The highest BCUT2D eigenvalue weighted by molar-refractivity contribution is 6.71. The fourth-order valence-electron chi connectivity index (χ4n) is 3.85. The predicted molar refractivity (Wildman–Crippen MR) is 135 cm³/mol. The van der Waals surface area contributed by atoms with Gasteiger partial charge in [0, 0.05) is 11.1 Å². The van der Waals surface area contributed by atoms with Gasteiger partial charge >= 0.3 is 0 Å². The Morgan fingerprint density at radius 1 is 0.467 bits per heavy atom. The van der Waals surface area contributed by atoms with Crippen molar-refractivity contribution in [2.75, 3.05) is 0 Å². The van der Waals surface area contributed by atoms with Crippen LogP contribution in [0.4, 0.5) is 0 Å². The zero-order chi connectivity index (χ0) is 21.5. The second kappa shape index (κ2) is 7.60. The normalized spacial score (nSPS) is 12.3. The molecular weight excluding hydrogens is 400 g/mol. The van der Waals surface area contributed by atoms with E-state index in [9.17, 15) is 0 Å². The summed E-state index contributed by atoms with van der Waals surface area (Å²) in [6.07, 6.45) is 0. The third-order valence-corrected chi connectivity index (χ3v) is 6.53. The molecule has 0 aliphatic carbocycles. The Kier molecular flexibility index (Phi) is 5.24. The van der Waals surface area contributed by atoms with E-state index in [4.69, 9.17) is 8.85 Å². The van der Waals surface area contributed by atoms with Crippen LogP contribution in [-0.4, -0.2) is 16.6 Å². The maximum absolute atomic E-state index is 6.62. The van der Waals surface area contributed by atoms with Crippen molar-refractivity contribution >= 4 is 38.2 Å². The van der Waals surface area contributed by atoms with Gasteiger partial charge in [0.25, 0.3) is 0 Å². The molecule has 2 nitrogen and oxygen atoms in total. The fraction of sp³-hybridized carbons (Fsp3) is 0.231. The van der Waals surface area contributed by atoms with Gasteiger partial charge in [-0.2, -0.15) is 0 Å². The Balaban J connectivity index is 2.13. The van der Waals surface area contributed by atoms with E-state index in [1.54, 1.807) is 0 Å². The van der Waals surface area contributed by atoms with Crippen LogP contribution in [-0.2, 0) is 0 Å². The Morgan fingerprint density at radius 2 is 0.833 bits per heavy atom. The second-order valence-electron chi connectivity index (χ2n) is 9.75. The van der Waals surface area contributed by atoms with Crippen LogP contribution in [0.2, 0.25) is 39.3 Å². The largest absolute Gasteiger partial charge is 0.544 e. The number of rotatable bonds is 5. The second-order valence-corrected chi connectivity index (χ2v) is 18.6. The molecule has 4 aromatic rings. The number of benzene rings is 4. The highest BCUT2D eigenvalue weighted by atomic mass is 28.4. The predicted octanol–water partition coefficient (Wildman–Crippen LogP) is 8.09. The summed E-state index contributed by atoms with van der Waals surface area (Å²) < 4.78 is 13.2. The molecule has 0 aromatic heterocycles. The summed E-state index contributed by atoms with van der Waals surface area (Å²) in [5.74, 6) is 1.90. The third kappa shape index (κ3) is 4.30. The highest BCUT2D eigenvalue weighted by Crippen LogP contribution is 2.46. The molecule has 0 aliphatic rings. The van der Waals surface area contributed by atoms with Crippen molar-refractivity contribution in [2.24, 2.45) is 0 Å². The summed E-state index contributed by atoms with van der Waals surface area (Å²) in [5, 5.41) is 4.82. The monoisotopic (exact) mass is 430 g/mol. The van der Waals surface area contributed by atoms with Crippen molar-refractivity contribution in [1.82, 2.24) is 0 Å². The van der Waals surface area contributed by atoms with E-state index < -0.39 is 16.6 Å². The Hall–Kier alpha value is -2.57. The molecule has 4 heteroatoms. The molecule has 0 amide bonds. The lowest BCUT2D eigenvalue weighted by Crippen LogP contribution is -2.30. The van der Waals surface area contributed by atoms with Gasteiger partial charge < -0.3 is 8.85 Å². The topological polar surface area (TPSA) is 18.5 Å². The first kappa shape index (κ1) is 20.7. The third-order valence-electron chi connectivity index (χ3n) is 4.86. The molecule has 0 spiro atoms. The molecule has 0 radical (unpaired) electrons. The van der Waals surface area contributed by atoms with E-state index >= 15 is 0 Å². The molecule has 0 fully saturated rings. The minimum absolute atomic E-state index is 0.949. The van der Waals surface area contributed by atoms with Gasteiger partial charge in [-0.15, -0.1) is 0 Å². The maximum atomic E-state index is 6.62. The van der Waals surface area contributed by atoms with Crippen LogP contribution >= 0.6 is 0 Å². The first-order valence-electron chi connectivity index (χ1n) is 10.5. The molecule has 0 saturated carbocycles. The van der Waals surface area contributed by atoms with E-state index in [2.05, 4.69) is 112 Å². The van der Waals surface area contributed by atoms with Crippen molar-refractivity contribution in [3.8, 4) is 22.6 Å². The molecule has 4 rings (SSSR count). The van der Waals surface area contributed by atoms with Crippen molar-refractivity contribution in [1.29, 1.82) is 0 Å². The van der Waals surface area contributed by atoms with E-state index in [1.807, 2.05) is 0 Å². The number of fused-ring (bicyclic) bond motifs is 2. The van der Waals surface area contributed by atoms with Crippen LogP contribution in [0, 0.1) is 0 Å². The SMILES string of the molecule is C[Si](C)(C)Oc1ccc2ccccc2c1-c1c(O[Si](C)(C)C)ccc2ccccc12. The van der Waals surface area contributed by atoms with E-state index in [-0.39, 0.29) is 0 Å². The Morgan fingerprint density at radius 3 is 1.20 bits per heavy atom. The van der Waals surface area contributed by atoms with E-state index in [0.29, 0.717) is 0 Å². The van der Waals surface area contributed by atoms with Crippen LogP contribution in [0.1, 0.15) is 0 Å². The summed E-state index contributed by atoms with van der Waals surface area (Å²) >= 11 is 0. The van der Waals surface area contributed by atoms with Crippen molar-refractivity contribution < 1.29 is 8.85 Å². The quantitative estimate of drug-likeness (QED) is 0.298. The van der Waals surface area contributed by atoms with Gasteiger partial charge in [0.1, 0.15) is 11.5 Å². The summed E-state index contributed by atoms with van der Waals surface area (Å²) in [5.41, 5.74) is 2.28. The lowest BCUT2D eigenvalue weighted by Gasteiger charge is -2.27. The van der Waals surface area contributed by atoms with Crippen LogP contribution in [0.15, 0.2) is 72.8 Å².